The summed E-state index contributed by atoms with van der Waals surface area (Å²) in [5, 5.41) is 0.701. The third-order valence-electron chi connectivity index (χ3n) is 3.17. The van der Waals surface area contributed by atoms with Crippen molar-refractivity contribution in [3.05, 3.63) is 47.5 Å². The highest BCUT2D eigenvalue weighted by atomic mass is 35.5. The van der Waals surface area contributed by atoms with Crippen LogP contribution in [0, 0.1) is 0 Å². The van der Waals surface area contributed by atoms with E-state index in [-0.39, 0.29) is 0 Å². The molecule has 3 aromatic rings. The highest BCUT2D eigenvalue weighted by Gasteiger charge is 2.11. The number of nitrogens with two attached hydrogens (primary N) is 1. The first kappa shape index (κ1) is 12.1. The Labute approximate surface area is 116 Å². The van der Waals surface area contributed by atoms with Crippen LogP contribution in [0.25, 0.3) is 22.4 Å². The molecule has 0 saturated heterocycles. The first-order valence-electron chi connectivity index (χ1n) is 6.20. The predicted molar refractivity (Wildman–Crippen MR) is 80.3 cm³/mol. The highest BCUT2D eigenvalue weighted by molar-refractivity contribution is 6.31. The van der Waals surface area contributed by atoms with Gasteiger partial charge in [-0.2, -0.15) is 0 Å². The van der Waals surface area contributed by atoms with E-state index in [0.717, 1.165) is 34.7 Å². The first-order valence-corrected chi connectivity index (χ1v) is 6.58. The van der Waals surface area contributed by atoms with Gasteiger partial charge in [0.05, 0.1) is 11.0 Å². The molecule has 0 aliphatic carbocycles. The van der Waals surface area contributed by atoms with Crippen LogP contribution in [0.4, 0.5) is 5.69 Å². The van der Waals surface area contributed by atoms with E-state index in [1.807, 2.05) is 42.5 Å². The molecule has 0 fully saturated rings. The summed E-state index contributed by atoms with van der Waals surface area (Å²) in [6, 6.07) is 13.6. The van der Waals surface area contributed by atoms with E-state index in [2.05, 4.69) is 16.5 Å². The van der Waals surface area contributed by atoms with Gasteiger partial charge in [0.15, 0.2) is 0 Å². The molecule has 0 spiro atoms. The van der Waals surface area contributed by atoms with Crippen molar-refractivity contribution in [3.8, 4) is 11.4 Å². The maximum atomic E-state index is 6.03. The number of rotatable bonds is 2. The molecule has 0 unspecified atom stereocenters. The quantitative estimate of drug-likeness (QED) is 0.717. The molecule has 0 saturated carbocycles. The lowest BCUT2D eigenvalue weighted by atomic mass is 10.2. The van der Waals surface area contributed by atoms with E-state index >= 15 is 0 Å². The minimum atomic E-state index is 0.701. The van der Waals surface area contributed by atoms with Gasteiger partial charge in [-0.1, -0.05) is 23.7 Å². The monoisotopic (exact) mass is 271 g/mol. The maximum absolute atomic E-state index is 6.03. The summed E-state index contributed by atoms with van der Waals surface area (Å²) in [6.45, 7) is 2.95. The summed E-state index contributed by atoms with van der Waals surface area (Å²) in [6.07, 6.45) is 0. The third-order valence-corrected chi connectivity index (χ3v) is 3.41. The minimum Gasteiger partial charge on any atom is -0.399 e. The van der Waals surface area contributed by atoms with E-state index in [1.165, 1.54) is 0 Å². The topological polar surface area (TPSA) is 43.8 Å². The van der Waals surface area contributed by atoms with Gasteiger partial charge in [-0.05, 0) is 37.3 Å². The number of benzene rings is 2. The number of fused-ring (bicyclic) bond motifs is 1. The van der Waals surface area contributed by atoms with Crippen LogP contribution < -0.4 is 5.73 Å². The van der Waals surface area contributed by atoms with Gasteiger partial charge in [-0.3, -0.25) is 0 Å². The molecule has 19 heavy (non-hydrogen) atoms. The average Bonchev–Trinajstić information content (AvgIpc) is 2.76. The zero-order valence-corrected chi connectivity index (χ0v) is 11.4. The number of hydrogen-bond donors (Lipinski definition) is 1. The zero-order valence-electron chi connectivity index (χ0n) is 10.6. The molecule has 0 atom stereocenters. The van der Waals surface area contributed by atoms with Gasteiger partial charge in [0.25, 0.3) is 0 Å². The van der Waals surface area contributed by atoms with Crippen LogP contribution in [0.5, 0.6) is 0 Å². The Bertz CT molecular complexity index is 746. The summed E-state index contributed by atoms with van der Waals surface area (Å²) >= 11 is 6.03. The van der Waals surface area contributed by atoms with E-state index < -0.39 is 0 Å². The van der Waals surface area contributed by atoms with Crippen LogP contribution in [0.15, 0.2) is 42.5 Å². The minimum absolute atomic E-state index is 0.701. The van der Waals surface area contributed by atoms with Crippen molar-refractivity contribution in [1.82, 2.24) is 9.55 Å². The fourth-order valence-corrected chi connectivity index (χ4v) is 2.49. The molecule has 0 aliphatic rings. The second-order valence-corrected chi connectivity index (χ2v) is 4.87. The Balaban J connectivity index is 2.28. The van der Waals surface area contributed by atoms with Gasteiger partial charge in [-0.15, -0.1) is 0 Å². The van der Waals surface area contributed by atoms with Crippen molar-refractivity contribution in [2.45, 2.75) is 13.5 Å². The molecule has 0 radical (unpaired) electrons. The fraction of sp³-hybridized carbons (Fsp3) is 0.133. The Morgan fingerprint density at radius 1 is 1.21 bits per heavy atom. The Morgan fingerprint density at radius 3 is 2.79 bits per heavy atom. The molecular weight excluding hydrogens is 258 g/mol. The summed E-state index contributed by atoms with van der Waals surface area (Å²) in [5.41, 5.74) is 9.61. The van der Waals surface area contributed by atoms with Crippen LogP contribution in [-0.2, 0) is 6.54 Å². The summed E-state index contributed by atoms with van der Waals surface area (Å²) < 4.78 is 2.17. The number of anilines is 1. The molecule has 0 aliphatic heterocycles. The lowest BCUT2D eigenvalue weighted by molar-refractivity contribution is 0.796. The molecule has 2 aromatic carbocycles. The fourth-order valence-electron chi connectivity index (χ4n) is 2.32. The number of halogens is 1. The van der Waals surface area contributed by atoms with Crippen LogP contribution in [0.2, 0.25) is 5.02 Å². The standard InChI is InChI=1S/C15H14ClN3/c1-2-19-14-7-6-11(16)9-13(14)18-15(19)10-4-3-5-12(17)8-10/h3-9H,2,17H2,1H3. The van der Waals surface area contributed by atoms with Crippen LogP contribution in [0.1, 0.15) is 6.92 Å². The first-order chi connectivity index (χ1) is 9.19. The van der Waals surface area contributed by atoms with E-state index in [0.29, 0.717) is 5.02 Å². The maximum Gasteiger partial charge on any atom is 0.141 e. The van der Waals surface area contributed by atoms with Crippen LogP contribution in [-0.4, -0.2) is 9.55 Å². The molecule has 3 nitrogen and oxygen atoms in total. The molecule has 96 valence electrons. The highest BCUT2D eigenvalue weighted by Crippen LogP contribution is 2.27. The van der Waals surface area contributed by atoms with Gasteiger partial charge in [0.2, 0.25) is 0 Å². The van der Waals surface area contributed by atoms with Crippen molar-refractivity contribution in [2.24, 2.45) is 0 Å². The average molecular weight is 272 g/mol. The zero-order chi connectivity index (χ0) is 13.4. The molecule has 1 aromatic heterocycles. The molecule has 0 bridgehead atoms. The number of imidazole rings is 1. The van der Waals surface area contributed by atoms with E-state index in [1.54, 1.807) is 0 Å². The number of aromatic nitrogens is 2. The van der Waals surface area contributed by atoms with Gasteiger partial charge in [-0.25, -0.2) is 4.98 Å². The number of aryl methyl sites for hydroxylation is 1. The second-order valence-electron chi connectivity index (χ2n) is 4.44. The van der Waals surface area contributed by atoms with Gasteiger partial charge < -0.3 is 10.3 Å². The number of nitrogen functional groups attached to an aromatic ring is 1. The summed E-state index contributed by atoms with van der Waals surface area (Å²) in [5.74, 6) is 0.923. The molecule has 3 rings (SSSR count). The normalized spacial score (nSPS) is 11.1. The molecule has 1 heterocycles. The van der Waals surface area contributed by atoms with Gasteiger partial charge >= 0.3 is 0 Å². The van der Waals surface area contributed by atoms with E-state index in [9.17, 15) is 0 Å². The molecule has 0 amide bonds. The van der Waals surface area contributed by atoms with Crippen LogP contribution >= 0.6 is 11.6 Å². The van der Waals surface area contributed by atoms with Gasteiger partial charge in [0.1, 0.15) is 5.82 Å². The lowest BCUT2D eigenvalue weighted by Crippen LogP contribution is -1.97. The number of nitrogens with zero attached hydrogens (tertiary/aromatic N) is 2. The van der Waals surface area contributed by atoms with Crippen molar-refractivity contribution in [1.29, 1.82) is 0 Å². The van der Waals surface area contributed by atoms with Crippen molar-refractivity contribution in [3.63, 3.8) is 0 Å². The second kappa shape index (κ2) is 4.59. The van der Waals surface area contributed by atoms with Crippen molar-refractivity contribution < 1.29 is 0 Å². The lowest BCUT2D eigenvalue weighted by Gasteiger charge is -2.06. The van der Waals surface area contributed by atoms with E-state index in [4.69, 9.17) is 17.3 Å². The molecule has 2 N–H and O–H groups in total. The SMILES string of the molecule is CCn1c(-c2cccc(N)c2)nc2cc(Cl)ccc21. The van der Waals surface area contributed by atoms with Crippen molar-refractivity contribution in [2.75, 3.05) is 5.73 Å². The third kappa shape index (κ3) is 2.06. The largest absolute Gasteiger partial charge is 0.399 e. The number of hydrogen-bond acceptors (Lipinski definition) is 2. The van der Waals surface area contributed by atoms with Crippen LogP contribution in [0.3, 0.4) is 0 Å². The summed E-state index contributed by atoms with van der Waals surface area (Å²) in [4.78, 5) is 4.68. The molecular formula is C15H14ClN3. The van der Waals surface area contributed by atoms with Crippen molar-refractivity contribution >= 4 is 28.3 Å². The predicted octanol–water partition coefficient (Wildman–Crippen LogP) is 3.96. The smallest absolute Gasteiger partial charge is 0.141 e. The molecule has 4 heteroatoms. The Kier molecular flexibility index (Phi) is 2.91. The Hall–Kier alpha value is -2.00. The summed E-state index contributed by atoms with van der Waals surface area (Å²) in [7, 11) is 0. The Morgan fingerprint density at radius 2 is 2.05 bits per heavy atom. The van der Waals surface area contributed by atoms with Gasteiger partial charge in [0, 0.05) is 22.8 Å².